The number of ether oxygens (including phenoxy) is 2. The van der Waals surface area contributed by atoms with Crippen molar-refractivity contribution in [3.63, 3.8) is 0 Å². The summed E-state index contributed by atoms with van der Waals surface area (Å²) in [6, 6.07) is 15.7. The van der Waals surface area contributed by atoms with E-state index in [9.17, 15) is 0 Å². The van der Waals surface area contributed by atoms with Gasteiger partial charge >= 0.3 is 0 Å². The van der Waals surface area contributed by atoms with Crippen LogP contribution in [0.4, 0.5) is 0 Å². The van der Waals surface area contributed by atoms with Crippen LogP contribution in [0.5, 0.6) is 0 Å². The number of benzene rings is 2. The zero-order valence-corrected chi connectivity index (χ0v) is 15.0. The number of rotatable bonds is 3. The van der Waals surface area contributed by atoms with Crippen molar-refractivity contribution < 1.29 is 9.47 Å². The van der Waals surface area contributed by atoms with Crippen LogP contribution in [0.1, 0.15) is 17.2 Å². The second-order valence-corrected chi connectivity index (χ2v) is 6.72. The van der Waals surface area contributed by atoms with E-state index < -0.39 is 5.79 Å². The normalized spacial score (nSPS) is 25.2. The van der Waals surface area contributed by atoms with Crippen LogP contribution < -0.4 is 0 Å². The van der Waals surface area contributed by atoms with Crippen molar-refractivity contribution in [2.75, 3.05) is 11.9 Å². The van der Waals surface area contributed by atoms with Crippen molar-refractivity contribution in [2.45, 2.75) is 11.9 Å². The first-order chi connectivity index (χ1) is 10.1. The van der Waals surface area contributed by atoms with E-state index in [-0.39, 0.29) is 6.10 Å². The molecule has 110 valence electrons. The van der Waals surface area contributed by atoms with Gasteiger partial charge in [0.15, 0.2) is 0 Å². The molecule has 3 rings (SSSR count). The highest BCUT2D eigenvalue weighted by Crippen LogP contribution is 2.44. The van der Waals surface area contributed by atoms with Gasteiger partial charge in [0.2, 0.25) is 5.79 Å². The lowest BCUT2D eigenvalue weighted by Gasteiger charge is -2.27. The third-order valence-corrected chi connectivity index (χ3v) is 5.10. The van der Waals surface area contributed by atoms with E-state index >= 15 is 0 Å². The Labute approximate surface area is 145 Å². The molecule has 0 spiro atoms. The van der Waals surface area contributed by atoms with Crippen LogP contribution in [0.15, 0.2) is 53.0 Å². The van der Waals surface area contributed by atoms with Crippen LogP contribution in [0.25, 0.3) is 0 Å². The SMILES string of the molecule is Clc1ccccc1[C@@]1(CBr)OC[C@@H](c2ccc(Br)cc2)O1. The van der Waals surface area contributed by atoms with Gasteiger partial charge in [-0.3, -0.25) is 0 Å². The summed E-state index contributed by atoms with van der Waals surface area (Å²) < 4.78 is 13.3. The summed E-state index contributed by atoms with van der Waals surface area (Å²) in [6.07, 6.45) is -0.105. The molecule has 1 saturated heterocycles. The lowest BCUT2D eigenvalue weighted by atomic mass is 10.1. The predicted molar refractivity (Wildman–Crippen MR) is 90.8 cm³/mol. The summed E-state index contributed by atoms with van der Waals surface area (Å²) in [5, 5.41) is 1.17. The van der Waals surface area contributed by atoms with E-state index in [1.165, 1.54) is 0 Å². The van der Waals surface area contributed by atoms with Crippen molar-refractivity contribution in [3.8, 4) is 0 Å². The number of alkyl halides is 1. The standard InChI is InChI=1S/C16H13Br2ClO2/c17-10-16(13-3-1-2-4-14(13)19)20-9-15(21-16)11-5-7-12(18)8-6-11/h1-8,15H,9-10H2/t15-,16-/m0/s1. The van der Waals surface area contributed by atoms with Crippen molar-refractivity contribution in [2.24, 2.45) is 0 Å². The molecule has 0 saturated carbocycles. The molecule has 0 unspecified atom stereocenters. The van der Waals surface area contributed by atoms with E-state index in [1.54, 1.807) is 0 Å². The Bertz CT molecular complexity index is 632. The highest BCUT2D eigenvalue weighted by Gasteiger charge is 2.44. The third-order valence-electron chi connectivity index (χ3n) is 3.50. The van der Waals surface area contributed by atoms with Gasteiger partial charge in [0.1, 0.15) is 6.10 Å². The Morgan fingerprint density at radius 1 is 1.14 bits per heavy atom. The summed E-state index contributed by atoms with van der Waals surface area (Å²) in [5.74, 6) is -0.837. The van der Waals surface area contributed by atoms with Crippen molar-refractivity contribution in [1.82, 2.24) is 0 Å². The van der Waals surface area contributed by atoms with E-state index in [0.29, 0.717) is 17.0 Å². The first kappa shape index (κ1) is 15.5. The Morgan fingerprint density at radius 2 is 1.86 bits per heavy atom. The molecular formula is C16H13Br2ClO2. The van der Waals surface area contributed by atoms with Crippen LogP contribution in [0, 0.1) is 0 Å². The van der Waals surface area contributed by atoms with E-state index in [4.69, 9.17) is 21.1 Å². The Kier molecular flexibility index (Phi) is 4.71. The predicted octanol–water partition coefficient (Wildman–Crippen LogP) is 5.44. The van der Waals surface area contributed by atoms with Crippen molar-refractivity contribution in [1.29, 1.82) is 0 Å². The number of halogens is 3. The summed E-state index contributed by atoms with van der Waals surface area (Å²) in [5.41, 5.74) is 1.94. The molecule has 2 nitrogen and oxygen atoms in total. The van der Waals surface area contributed by atoms with Gasteiger partial charge < -0.3 is 9.47 Å². The molecule has 1 aliphatic rings. The summed E-state index contributed by atoms with van der Waals surface area (Å²) in [7, 11) is 0. The monoisotopic (exact) mass is 430 g/mol. The second kappa shape index (κ2) is 6.39. The molecular weight excluding hydrogens is 419 g/mol. The summed E-state index contributed by atoms with van der Waals surface area (Å²) in [4.78, 5) is 0. The van der Waals surface area contributed by atoms with Crippen LogP contribution in [-0.2, 0) is 15.3 Å². The fourth-order valence-electron chi connectivity index (χ4n) is 2.40. The molecule has 1 fully saturated rings. The smallest absolute Gasteiger partial charge is 0.207 e. The lowest BCUT2D eigenvalue weighted by Crippen LogP contribution is -2.29. The van der Waals surface area contributed by atoms with Gasteiger partial charge in [-0.2, -0.15) is 0 Å². The fourth-order valence-corrected chi connectivity index (χ4v) is 3.54. The molecule has 2 aromatic carbocycles. The van der Waals surface area contributed by atoms with Crippen LogP contribution >= 0.6 is 43.5 Å². The van der Waals surface area contributed by atoms with Gasteiger partial charge in [-0.05, 0) is 23.8 Å². The highest BCUT2D eigenvalue weighted by atomic mass is 79.9. The van der Waals surface area contributed by atoms with Gasteiger partial charge in [-0.15, -0.1) is 0 Å². The molecule has 0 bridgehead atoms. The average Bonchev–Trinajstić information content (AvgIpc) is 2.94. The second-order valence-electron chi connectivity index (χ2n) is 4.84. The van der Waals surface area contributed by atoms with Crippen LogP contribution in [0.3, 0.4) is 0 Å². The Morgan fingerprint density at radius 3 is 2.52 bits per heavy atom. The van der Waals surface area contributed by atoms with Crippen LogP contribution in [0.2, 0.25) is 5.02 Å². The molecule has 21 heavy (non-hydrogen) atoms. The Hall–Kier alpha value is -0.390. The van der Waals surface area contributed by atoms with Crippen LogP contribution in [-0.4, -0.2) is 11.9 Å². The van der Waals surface area contributed by atoms with E-state index in [2.05, 4.69) is 31.9 Å². The average molecular weight is 433 g/mol. The molecule has 1 heterocycles. The maximum atomic E-state index is 6.30. The quantitative estimate of drug-likeness (QED) is 0.602. The molecule has 2 atom stereocenters. The molecule has 0 aromatic heterocycles. The van der Waals surface area contributed by atoms with Crippen molar-refractivity contribution in [3.05, 3.63) is 69.2 Å². The lowest BCUT2D eigenvalue weighted by molar-refractivity contribution is -0.157. The first-order valence-corrected chi connectivity index (χ1v) is 8.82. The Balaban J connectivity index is 1.90. The minimum atomic E-state index is -0.837. The largest absolute Gasteiger partial charge is 0.342 e. The molecule has 0 amide bonds. The maximum absolute atomic E-state index is 6.30. The van der Waals surface area contributed by atoms with Gasteiger partial charge in [-0.1, -0.05) is 73.8 Å². The third kappa shape index (κ3) is 3.06. The highest BCUT2D eigenvalue weighted by molar-refractivity contribution is 9.10. The van der Waals surface area contributed by atoms with Gasteiger partial charge in [0.05, 0.1) is 11.9 Å². The summed E-state index contributed by atoms with van der Waals surface area (Å²) in [6.45, 7) is 0.498. The molecule has 5 heteroatoms. The topological polar surface area (TPSA) is 18.5 Å². The minimum Gasteiger partial charge on any atom is -0.342 e. The molecule has 2 aromatic rings. The molecule has 1 aliphatic heterocycles. The van der Waals surface area contributed by atoms with Gasteiger partial charge in [0.25, 0.3) is 0 Å². The zero-order chi connectivity index (χ0) is 14.9. The summed E-state index contributed by atoms with van der Waals surface area (Å²) >= 11 is 13.2. The van der Waals surface area contributed by atoms with Gasteiger partial charge in [0, 0.05) is 15.1 Å². The van der Waals surface area contributed by atoms with Crippen molar-refractivity contribution >= 4 is 43.5 Å². The molecule has 0 N–H and O–H groups in total. The first-order valence-electron chi connectivity index (χ1n) is 6.53. The molecule has 0 radical (unpaired) electrons. The molecule has 0 aliphatic carbocycles. The minimum absolute atomic E-state index is 0.105. The van der Waals surface area contributed by atoms with E-state index in [1.807, 2.05) is 48.5 Å². The zero-order valence-electron chi connectivity index (χ0n) is 11.1. The maximum Gasteiger partial charge on any atom is 0.207 e. The number of hydrogen-bond acceptors (Lipinski definition) is 2. The van der Waals surface area contributed by atoms with Gasteiger partial charge in [-0.25, -0.2) is 0 Å². The van der Waals surface area contributed by atoms with E-state index in [0.717, 1.165) is 15.6 Å². The fraction of sp³-hybridized carbons (Fsp3) is 0.250. The number of hydrogen-bond donors (Lipinski definition) is 0.